The molecule has 1 fully saturated rings. The van der Waals surface area contributed by atoms with Crippen LogP contribution in [-0.2, 0) is 4.79 Å². The summed E-state index contributed by atoms with van der Waals surface area (Å²) in [4.78, 5) is 29.4. The van der Waals surface area contributed by atoms with E-state index in [2.05, 4.69) is 6.07 Å². The summed E-state index contributed by atoms with van der Waals surface area (Å²) in [5, 5.41) is 10.6. The van der Waals surface area contributed by atoms with Gasteiger partial charge in [-0.2, -0.15) is 5.26 Å². The van der Waals surface area contributed by atoms with Gasteiger partial charge in [-0.15, -0.1) is 0 Å². The average molecular weight is 480 g/mol. The molecule has 3 aromatic carbocycles. The highest BCUT2D eigenvalue weighted by molar-refractivity contribution is 6.06. The monoisotopic (exact) mass is 479 g/mol. The first-order valence-corrected chi connectivity index (χ1v) is 11.5. The maximum absolute atomic E-state index is 14.3. The van der Waals surface area contributed by atoms with Gasteiger partial charge in [0, 0.05) is 17.2 Å². The Kier molecular flexibility index (Phi) is 5.73. The normalized spacial score (nSPS) is 23.8. The molecule has 36 heavy (non-hydrogen) atoms. The Bertz CT molecular complexity index is 1410. The molecule has 2 aliphatic heterocycles. The van der Waals surface area contributed by atoms with Crippen LogP contribution >= 0.6 is 0 Å². The zero-order valence-electron chi connectivity index (χ0n) is 19.9. The number of nitrogens with two attached hydrogens (primary N) is 1. The van der Waals surface area contributed by atoms with Crippen LogP contribution in [0.1, 0.15) is 27.4 Å². The van der Waals surface area contributed by atoms with Crippen LogP contribution in [0.15, 0.2) is 78.9 Å². The quantitative estimate of drug-likeness (QED) is 0.537. The number of benzene rings is 3. The van der Waals surface area contributed by atoms with Crippen molar-refractivity contribution in [2.45, 2.75) is 18.0 Å². The fourth-order valence-electron chi connectivity index (χ4n) is 5.56. The largest absolute Gasteiger partial charge is 0.497 e. The molecule has 5 rings (SSSR count). The number of hydrogen-bond acceptors (Lipinski definition) is 6. The molecule has 180 valence electrons. The van der Waals surface area contributed by atoms with Crippen LogP contribution < -0.4 is 20.1 Å². The predicted octanol–water partition coefficient (Wildman–Crippen LogP) is 3.95. The van der Waals surface area contributed by atoms with Gasteiger partial charge in [-0.1, -0.05) is 54.6 Å². The molecule has 0 aliphatic carbocycles. The highest BCUT2D eigenvalue weighted by Gasteiger charge is 2.65. The maximum Gasteiger partial charge on any atom is 0.241 e. The minimum Gasteiger partial charge on any atom is -0.497 e. The summed E-state index contributed by atoms with van der Waals surface area (Å²) >= 11 is 0. The summed E-state index contributed by atoms with van der Waals surface area (Å²) in [6.07, 6.45) is 3.70. The van der Waals surface area contributed by atoms with Crippen LogP contribution in [0.25, 0.3) is 6.08 Å². The first-order valence-electron chi connectivity index (χ1n) is 11.5. The molecule has 0 radical (unpaired) electrons. The van der Waals surface area contributed by atoms with Crippen molar-refractivity contribution in [1.82, 2.24) is 0 Å². The third-order valence-electron chi connectivity index (χ3n) is 7.24. The summed E-state index contributed by atoms with van der Waals surface area (Å²) in [6, 6.07) is 22.3. The number of anilines is 1. The molecule has 0 aromatic heterocycles. The maximum atomic E-state index is 14.3. The van der Waals surface area contributed by atoms with E-state index in [0.29, 0.717) is 22.6 Å². The average Bonchev–Trinajstić information content (AvgIpc) is 3.24. The number of carbonyl (C=O) groups is 2. The molecular weight excluding hydrogens is 454 g/mol. The Labute approximate surface area is 209 Å². The van der Waals surface area contributed by atoms with Gasteiger partial charge >= 0.3 is 0 Å². The van der Waals surface area contributed by atoms with Gasteiger partial charge < -0.3 is 20.1 Å². The first-order chi connectivity index (χ1) is 17.5. The van der Waals surface area contributed by atoms with E-state index in [9.17, 15) is 14.9 Å². The Balaban J connectivity index is 1.78. The zero-order chi connectivity index (χ0) is 25.4. The molecule has 0 bridgehead atoms. The third kappa shape index (κ3) is 3.34. The number of fused-ring (bicyclic) bond motifs is 3. The molecule has 2 aliphatic rings. The molecule has 2 N–H and O–H groups in total. The predicted molar refractivity (Wildman–Crippen MR) is 136 cm³/mol. The van der Waals surface area contributed by atoms with E-state index >= 15 is 0 Å². The second-order valence-corrected chi connectivity index (χ2v) is 8.91. The van der Waals surface area contributed by atoms with Crippen LogP contribution in [0.2, 0.25) is 0 Å². The van der Waals surface area contributed by atoms with Crippen LogP contribution in [0, 0.1) is 16.7 Å². The van der Waals surface area contributed by atoms with Gasteiger partial charge in [-0.05, 0) is 41.5 Å². The molecule has 0 spiro atoms. The molecule has 1 saturated heterocycles. The Morgan fingerprint density at radius 2 is 1.69 bits per heavy atom. The van der Waals surface area contributed by atoms with Crippen molar-refractivity contribution >= 4 is 23.5 Å². The van der Waals surface area contributed by atoms with Gasteiger partial charge in [0.2, 0.25) is 5.91 Å². The van der Waals surface area contributed by atoms with Crippen molar-refractivity contribution in [3.8, 4) is 17.6 Å². The smallest absolute Gasteiger partial charge is 0.241 e. The lowest BCUT2D eigenvalue weighted by Crippen LogP contribution is -2.49. The van der Waals surface area contributed by atoms with Crippen LogP contribution in [0.3, 0.4) is 0 Å². The number of hydrogen-bond donors (Lipinski definition) is 1. The lowest BCUT2D eigenvalue weighted by Gasteiger charge is -2.36. The molecule has 7 heteroatoms. The van der Waals surface area contributed by atoms with Gasteiger partial charge in [0.25, 0.3) is 0 Å². The Morgan fingerprint density at radius 3 is 2.36 bits per heavy atom. The van der Waals surface area contributed by atoms with Gasteiger partial charge in [-0.3, -0.25) is 9.59 Å². The number of carbonyl (C=O) groups excluding carboxylic acids is 2. The summed E-state index contributed by atoms with van der Waals surface area (Å²) < 4.78 is 10.7. The van der Waals surface area contributed by atoms with Crippen molar-refractivity contribution in [3.63, 3.8) is 0 Å². The third-order valence-corrected chi connectivity index (χ3v) is 7.24. The zero-order valence-corrected chi connectivity index (χ0v) is 19.9. The Hall–Kier alpha value is -4.57. The second-order valence-electron chi connectivity index (χ2n) is 8.91. The number of amides is 1. The number of rotatable bonds is 6. The molecule has 4 atom stereocenters. The number of Topliss-reactive ketones (excluding diaryl/α,β-unsaturated/α-hetero) is 1. The van der Waals surface area contributed by atoms with Crippen LogP contribution in [-0.4, -0.2) is 38.0 Å². The SMILES string of the molecule is COc1ccc([C@@H]2[C@@H](C(=O)c3cccc(OC)c3)N3c4ccccc4C=C[C@@H]3[C@@]2(C#N)C(N)=O)cc1. The van der Waals surface area contributed by atoms with E-state index in [-0.39, 0.29) is 5.78 Å². The molecule has 0 unspecified atom stereocenters. The van der Waals surface area contributed by atoms with Crippen molar-refractivity contribution < 1.29 is 19.1 Å². The van der Waals surface area contributed by atoms with E-state index in [0.717, 1.165) is 11.3 Å². The standard InChI is InChI=1S/C29H25N3O4/c1-35-21-13-10-19(11-14-21)25-26(27(33)20-7-5-8-22(16-20)36-2)32-23-9-4-3-6-18(23)12-15-24(32)29(25,17-30)28(31)34/h3-16,24-26H,1-2H3,(H2,31,34)/t24-,25-,26+,29-/m1/s1. The molecule has 1 amide bonds. The molecular formula is C29H25N3O4. The number of primary amides is 1. The number of nitriles is 1. The number of nitrogens with zero attached hydrogens (tertiary/aromatic N) is 2. The van der Waals surface area contributed by atoms with E-state index in [1.54, 1.807) is 55.6 Å². The van der Waals surface area contributed by atoms with Gasteiger partial charge in [0.1, 0.15) is 17.5 Å². The summed E-state index contributed by atoms with van der Waals surface area (Å²) in [5.74, 6) is -0.687. The summed E-state index contributed by atoms with van der Waals surface area (Å²) in [5.41, 5.74) is 7.05. The van der Waals surface area contributed by atoms with Gasteiger partial charge in [0.15, 0.2) is 11.2 Å². The number of ketones is 1. The fraction of sp³-hybridized carbons (Fsp3) is 0.207. The lowest BCUT2D eigenvalue weighted by molar-refractivity contribution is -0.125. The molecule has 3 aromatic rings. The minimum atomic E-state index is -1.70. The van der Waals surface area contributed by atoms with E-state index in [1.165, 1.54) is 7.11 Å². The first kappa shape index (κ1) is 23.2. The number of para-hydroxylation sites is 1. The van der Waals surface area contributed by atoms with E-state index in [4.69, 9.17) is 15.2 Å². The topological polar surface area (TPSA) is 106 Å². The van der Waals surface area contributed by atoms with Crippen molar-refractivity contribution in [1.29, 1.82) is 5.26 Å². The van der Waals surface area contributed by atoms with Crippen molar-refractivity contribution in [3.05, 3.63) is 95.6 Å². The van der Waals surface area contributed by atoms with Gasteiger partial charge in [0.05, 0.1) is 26.3 Å². The summed E-state index contributed by atoms with van der Waals surface area (Å²) in [6.45, 7) is 0. The van der Waals surface area contributed by atoms with Crippen molar-refractivity contribution in [2.75, 3.05) is 19.1 Å². The van der Waals surface area contributed by atoms with E-state index < -0.39 is 29.3 Å². The van der Waals surface area contributed by atoms with Gasteiger partial charge in [-0.25, -0.2) is 0 Å². The lowest BCUT2D eigenvalue weighted by atomic mass is 9.67. The van der Waals surface area contributed by atoms with Crippen LogP contribution in [0.4, 0.5) is 5.69 Å². The highest BCUT2D eigenvalue weighted by atomic mass is 16.5. The van der Waals surface area contributed by atoms with Crippen molar-refractivity contribution in [2.24, 2.45) is 11.1 Å². The number of ether oxygens (including phenoxy) is 2. The minimum absolute atomic E-state index is 0.233. The molecule has 7 nitrogen and oxygen atoms in total. The molecule has 0 saturated carbocycles. The summed E-state index contributed by atoms with van der Waals surface area (Å²) in [7, 11) is 3.10. The number of methoxy groups -OCH3 is 2. The highest BCUT2D eigenvalue weighted by Crippen LogP contribution is 2.55. The fourth-order valence-corrected chi connectivity index (χ4v) is 5.56. The Morgan fingerprint density at radius 1 is 0.972 bits per heavy atom. The molecule has 2 heterocycles. The van der Waals surface area contributed by atoms with E-state index in [1.807, 2.05) is 41.3 Å². The van der Waals surface area contributed by atoms with Crippen LogP contribution in [0.5, 0.6) is 11.5 Å². The second kappa shape index (κ2) is 8.90.